The molecule has 0 aliphatic carbocycles. The van der Waals surface area contributed by atoms with Crippen LogP contribution in [-0.2, 0) is 9.53 Å². The summed E-state index contributed by atoms with van der Waals surface area (Å²) in [5, 5.41) is 13.6. The van der Waals surface area contributed by atoms with Crippen LogP contribution in [0.5, 0.6) is 0 Å². The van der Waals surface area contributed by atoms with E-state index in [0.29, 0.717) is 30.3 Å². The topological polar surface area (TPSA) is 97.8 Å². The average Bonchev–Trinajstić information content (AvgIpc) is 3.37. The molecular weight excluding hydrogens is 362 g/mol. The van der Waals surface area contributed by atoms with Gasteiger partial charge in [0.05, 0.1) is 31.1 Å². The van der Waals surface area contributed by atoms with E-state index >= 15 is 0 Å². The van der Waals surface area contributed by atoms with E-state index in [1.54, 1.807) is 34.0 Å². The second kappa shape index (κ2) is 7.69. The normalized spacial score (nSPS) is 16.9. The lowest BCUT2D eigenvalue weighted by Crippen LogP contribution is -2.46. The fourth-order valence-electron chi connectivity index (χ4n) is 3.23. The van der Waals surface area contributed by atoms with Gasteiger partial charge in [-0.1, -0.05) is 18.2 Å². The molecule has 8 heteroatoms. The van der Waals surface area contributed by atoms with E-state index < -0.39 is 12.1 Å². The van der Waals surface area contributed by atoms with E-state index in [0.717, 1.165) is 5.69 Å². The number of para-hydroxylation sites is 1. The van der Waals surface area contributed by atoms with Crippen molar-refractivity contribution in [3.63, 3.8) is 0 Å². The first kappa shape index (κ1) is 18.0. The van der Waals surface area contributed by atoms with E-state index in [4.69, 9.17) is 14.3 Å². The van der Waals surface area contributed by atoms with Gasteiger partial charge in [-0.25, -0.2) is 4.68 Å². The Balaban J connectivity index is 1.67. The second-order valence-corrected chi connectivity index (χ2v) is 6.48. The van der Waals surface area contributed by atoms with Gasteiger partial charge in [-0.2, -0.15) is 5.10 Å². The number of carboxylic acids is 1. The highest BCUT2D eigenvalue weighted by Gasteiger charge is 2.29. The summed E-state index contributed by atoms with van der Waals surface area (Å²) in [6, 6.07) is 14.6. The van der Waals surface area contributed by atoms with E-state index in [1.165, 1.54) is 0 Å². The molecular formula is C20H19N3O5. The van der Waals surface area contributed by atoms with Crippen LogP contribution in [0.2, 0.25) is 0 Å². The molecule has 0 radical (unpaired) electrons. The van der Waals surface area contributed by atoms with Gasteiger partial charge in [0.25, 0.3) is 5.91 Å². The molecule has 3 aromatic rings. The zero-order valence-electron chi connectivity index (χ0n) is 15.0. The van der Waals surface area contributed by atoms with Crippen molar-refractivity contribution >= 4 is 11.9 Å². The van der Waals surface area contributed by atoms with Gasteiger partial charge < -0.3 is 19.2 Å². The predicted octanol–water partition coefficient (Wildman–Crippen LogP) is 2.45. The van der Waals surface area contributed by atoms with Crippen LogP contribution in [-0.4, -0.2) is 57.5 Å². The van der Waals surface area contributed by atoms with Crippen LogP contribution in [0.4, 0.5) is 0 Å². The third-order valence-corrected chi connectivity index (χ3v) is 4.53. The Kier molecular flexibility index (Phi) is 4.94. The van der Waals surface area contributed by atoms with Crippen LogP contribution in [0.25, 0.3) is 17.1 Å². The summed E-state index contributed by atoms with van der Waals surface area (Å²) < 4.78 is 12.5. The summed E-state index contributed by atoms with van der Waals surface area (Å²) >= 11 is 0. The van der Waals surface area contributed by atoms with E-state index in [1.807, 2.05) is 30.3 Å². The lowest BCUT2D eigenvalue weighted by atomic mass is 10.2. The van der Waals surface area contributed by atoms with E-state index in [2.05, 4.69) is 5.10 Å². The molecule has 144 valence electrons. The largest absolute Gasteiger partial charge is 0.481 e. The molecule has 1 aliphatic rings. The molecule has 1 N–H and O–H groups in total. The van der Waals surface area contributed by atoms with Gasteiger partial charge in [0.2, 0.25) is 0 Å². The van der Waals surface area contributed by atoms with Crippen LogP contribution in [0.3, 0.4) is 0 Å². The molecule has 1 unspecified atom stereocenters. The number of carboxylic acid groups (broad SMARTS) is 1. The molecule has 3 heterocycles. The molecule has 4 rings (SSSR count). The third-order valence-electron chi connectivity index (χ3n) is 4.53. The number of nitrogens with zero attached hydrogens (tertiary/aromatic N) is 3. The standard InChI is InChI=1S/C20H19N3O5/c24-19(25)11-15-13-22(8-10-27-15)20(26)17-12-16(18-7-4-9-28-18)21-23(17)14-5-2-1-3-6-14/h1-7,9,12,15H,8,10-11,13H2,(H,24,25). The highest BCUT2D eigenvalue weighted by atomic mass is 16.5. The summed E-state index contributed by atoms with van der Waals surface area (Å²) in [5.41, 5.74) is 1.68. The molecule has 1 atom stereocenters. The minimum absolute atomic E-state index is 0.140. The number of hydrogen-bond donors (Lipinski definition) is 1. The number of morpholine rings is 1. The lowest BCUT2D eigenvalue weighted by Gasteiger charge is -2.32. The summed E-state index contributed by atoms with van der Waals surface area (Å²) in [6.07, 6.45) is 0.892. The number of hydrogen-bond acceptors (Lipinski definition) is 5. The highest BCUT2D eigenvalue weighted by Crippen LogP contribution is 2.24. The Bertz CT molecular complexity index is 965. The molecule has 1 saturated heterocycles. The summed E-state index contributed by atoms with van der Waals surface area (Å²) in [7, 11) is 0. The lowest BCUT2D eigenvalue weighted by molar-refractivity contribution is -0.141. The zero-order chi connectivity index (χ0) is 19.5. The van der Waals surface area contributed by atoms with Crippen LogP contribution >= 0.6 is 0 Å². The van der Waals surface area contributed by atoms with Gasteiger partial charge in [-0.05, 0) is 24.3 Å². The van der Waals surface area contributed by atoms with E-state index in [9.17, 15) is 9.59 Å². The number of carbonyl (C=O) groups excluding carboxylic acids is 1. The molecule has 0 spiro atoms. The van der Waals surface area contributed by atoms with E-state index in [-0.39, 0.29) is 18.9 Å². The number of rotatable bonds is 5. The Labute approximate surface area is 160 Å². The van der Waals surface area contributed by atoms with Crippen molar-refractivity contribution in [3.8, 4) is 17.1 Å². The van der Waals surface area contributed by atoms with Crippen LogP contribution in [0.15, 0.2) is 59.2 Å². The zero-order valence-corrected chi connectivity index (χ0v) is 15.0. The van der Waals surface area contributed by atoms with Crippen molar-refractivity contribution in [1.29, 1.82) is 0 Å². The Morgan fingerprint density at radius 3 is 2.71 bits per heavy atom. The maximum Gasteiger partial charge on any atom is 0.306 e. The summed E-state index contributed by atoms with van der Waals surface area (Å²) in [4.78, 5) is 25.8. The second-order valence-electron chi connectivity index (χ2n) is 6.48. The number of furan rings is 1. The molecule has 1 aromatic carbocycles. The maximum atomic E-state index is 13.2. The number of aromatic nitrogens is 2. The summed E-state index contributed by atoms with van der Waals surface area (Å²) in [6.45, 7) is 0.917. The molecule has 28 heavy (non-hydrogen) atoms. The number of ether oxygens (including phenoxy) is 1. The summed E-state index contributed by atoms with van der Waals surface area (Å²) in [5.74, 6) is -0.615. The van der Waals surface area contributed by atoms with Crippen LogP contribution < -0.4 is 0 Å². The van der Waals surface area contributed by atoms with Crippen molar-refractivity contribution in [2.24, 2.45) is 0 Å². The van der Waals surface area contributed by atoms with Crippen LogP contribution in [0.1, 0.15) is 16.9 Å². The molecule has 8 nitrogen and oxygen atoms in total. The quantitative estimate of drug-likeness (QED) is 0.729. The van der Waals surface area contributed by atoms with Crippen molar-refractivity contribution in [2.45, 2.75) is 12.5 Å². The Hall–Kier alpha value is -3.39. The van der Waals surface area contributed by atoms with Crippen LogP contribution in [0, 0.1) is 0 Å². The third kappa shape index (κ3) is 3.67. The first-order valence-corrected chi connectivity index (χ1v) is 8.94. The first-order chi connectivity index (χ1) is 13.6. The Morgan fingerprint density at radius 2 is 2.00 bits per heavy atom. The van der Waals surface area contributed by atoms with Gasteiger partial charge in [0.15, 0.2) is 5.76 Å². The van der Waals surface area contributed by atoms with Gasteiger partial charge in [0.1, 0.15) is 11.4 Å². The molecule has 0 saturated carbocycles. The van der Waals surface area contributed by atoms with Crippen molar-refractivity contribution in [2.75, 3.05) is 19.7 Å². The number of benzene rings is 1. The van der Waals surface area contributed by atoms with Crippen molar-refractivity contribution < 1.29 is 23.8 Å². The molecule has 0 bridgehead atoms. The monoisotopic (exact) mass is 381 g/mol. The fraction of sp³-hybridized carbons (Fsp3) is 0.250. The molecule has 2 aromatic heterocycles. The Morgan fingerprint density at radius 1 is 1.18 bits per heavy atom. The molecule has 1 amide bonds. The SMILES string of the molecule is O=C(O)CC1CN(C(=O)c2cc(-c3ccco3)nn2-c2ccccc2)CCO1. The first-order valence-electron chi connectivity index (χ1n) is 8.94. The average molecular weight is 381 g/mol. The molecule has 1 fully saturated rings. The number of carbonyl (C=O) groups is 2. The van der Waals surface area contributed by atoms with Gasteiger partial charge >= 0.3 is 5.97 Å². The van der Waals surface area contributed by atoms with Gasteiger partial charge in [-0.15, -0.1) is 0 Å². The van der Waals surface area contributed by atoms with Crippen molar-refractivity contribution in [3.05, 3.63) is 60.5 Å². The van der Waals surface area contributed by atoms with Gasteiger partial charge in [-0.3, -0.25) is 9.59 Å². The smallest absolute Gasteiger partial charge is 0.306 e. The minimum atomic E-state index is -0.950. The molecule has 1 aliphatic heterocycles. The van der Waals surface area contributed by atoms with Gasteiger partial charge in [0, 0.05) is 19.2 Å². The number of aliphatic carboxylic acids is 1. The number of amides is 1. The fourth-order valence-corrected chi connectivity index (χ4v) is 3.23. The highest BCUT2D eigenvalue weighted by molar-refractivity contribution is 5.94. The predicted molar refractivity (Wildman–Crippen MR) is 99.2 cm³/mol. The van der Waals surface area contributed by atoms with Crippen molar-refractivity contribution in [1.82, 2.24) is 14.7 Å². The maximum absolute atomic E-state index is 13.2. The minimum Gasteiger partial charge on any atom is -0.481 e.